The highest BCUT2D eigenvalue weighted by Gasteiger charge is 2.44. The van der Waals surface area contributed by atoms with Gasteiger partial charge in [-0.05, 0) is 48.7 Å². The molecule has 0 saturated heterocycles. The van der Waals surface area contributed by atoms with Crippen LogP contribution in [0.5, 0.6) is 11.5 Å². The molecule has 0 aromatic heterocycles. The topological polar surface area (TPSA) is 119 Å². The van der Waals surface area contributed by atoms with E-state index in [-0.39, 0.29) is 28.6 Å². The molecule has 9 nitrogen and oxygen atoms in total. The van der Waals surface area contributed by atoms with Crippen LogP contribution in [0.25, 0.3) is 0 Å². The fraction of sp³-hybridized carbons (Fsp3) is 0.423. The third kappa shape index (κ3) is 5.53. The van der Waals surface area contributed by atoms with Crippen LogP contribution < -0.4 is 14.8 Å². The number of anilines is 1. The molecule has 0 aliphatic carbocycles. The van der Waals surface area contributed by atoms with Gasteiger partial charge in [0.15, 0.2) is 11.5 Å². The second kappa shape index (κ2) is 10.7. The first-order chi connectivity index (χ1) is 16.9. The van der Waals surface area contributed by atoms with E-state index < -0.39 is 33.4 Å². The van der Waals surface area contributed by atoms with E-state index in [1.54, 1.807) is 51.1 Å². The Labute approximate surface area is 211 Å². The summed E-state index contributed by atoms with van der Waals surface area (Å²) in [6, 6.07) is 6.99. The number of sulfone groups is 1. The van der Waals surface area contributed by atoms with Crippen molar-refractivity contribution < 1.29 is 32.3 Å². The van der Waals surface area contributed by atoms with Crippen LogP contribution in [0.15, 0.2) is 30.3 Å². The van der Waals surface area contributed by atoms with Gasteiger partial charge in [-0.25, -0.2) is 8.42 Å². The number of carbonyl (C=O) groups excluding carboxylic acids is 3. The average Bonchev–Trinajstić information content (AvgIpc) is 3.06. The Morgan fingerprint density at radius 2 is 1.75 bits per heavy atom. The smallest absolute Gasteiger partial charge is 0.264 e. The number of aryl methyl sites for hydroxylation is 1. The average molecular weight is 517 g/mol. The number of methoxy groups -OCH3 is 1. The van der Waals surface area contributed by atoms with Crippen molar-refractivity contribution in [3.8, 4) is 11.5 Å². The predicted octanol–water partition coefficient (Wildman–Crippen LogP) is 3.63. The number of hydrogen-bond donors (Lipinski definition) is 1. The number of imide groups is 1. The van der Waals surface area contributed by atoms with Crippen LogP contribution in [-0.4, -0.2) is 56.8 Å². The first-order valence-corrected chi connectivity index (χ1v) is 13.8. The monoisotopic (exact) mass is 516 g/mol. The molecule has 1 atom stereocenters. The molecular weight excluding hydrogens is 484 g/mol. The molecule has 0 spiro atoms. The maximum atomic E-state index is 13.7. The van der Waals surface area contributed by atoms with Crippen molar-refractivity contribution in [3.05, 3.63) is 52.6 Å². The number of nitrogens with one attached hydrogen (secondary N) is 1. The van der Waals surface area contributed by atoms with Crippen LogP contribution in [0, 0.1) is 5.92 Å². The van der Waals surface area contributed by atoms with E-state index >= 15 is 0 Å². The Hall–Kier alpha value is -3.40. The van der Waals surface area contributed by atoms with E-state index in [2.05, 4.69) is 5.32 Å². The third-order valence-electron chi connectivity index (χ3n) is 5.92. The van der Waals surface area contributed by atoms with Crippen molar-refractivity contribution in [2.24, 2.45) is 5.92 Å². The van der Waals surface area contributed by atoms with Gasteiger partial charge >= 0.3 is 0 Å². The summed E-state index contributed by atoms with van der Waals surface area (Å²) in [6.45, 7) is 7.47. The first kappa shape index (κ1) is 27.2. The third-order valence-corrected chi connectivity index (χ3v) is 6.84. The number of fused-ring (bicyclic) bond motifs is 1. The lowest BCUT2D eigenvalue weighted by Crippen LogP contribution is -2.37. The van der Waals surface area contributed by atoms with E-state index in [1.807, 2.05) is 6.92 Å². The Bertz CT molecular complexity index is 1300. The summed E-state index contributed by atoms with van der Waals surface area (Å²) in [7, 11) is -2.14. The molecular formula is C26H32N2O7S. The van der Waals surface area contributed by atoms with Gasteiger partial charge in [-0.15, -0.1) is 0 Å². The quantitative estimate of drug-likeness (QED) is 0.479. The zero-order chi connectivity index (χ0) is 26.8. The normalized spacial score (nSPS) is 14.1. The predicted molar refractivity (Wildman–Crippen MR) is 136 cm³/mol. The van der Waals surface area contributed by atoms with Gasteiger partial charge in [0.1, 0.15) is 9.84 Å². The highest BCUT2D eigenvalue weighted by molar-refractivity contribution is 7.90. The summed E-state index contributed by atoms with van der Waals surface area (Å²) in [5.74, 6) is -1.60. The summed E-state index contributed by atoms with van der Waals surface area (Å²) in [5, 5.41) is 2.76. The van der Waals surface area contributed by atoms with Crippen LogP contribution in [-0.2, 0) is 21.1 Å². The summed E-state index contributed by atoms with van der Waals surface area (Å²) < 4.78 is 35.8. The summed E-state index contributed by atoms with van der Waals surface area (Å²) >= 11 is 0. The molecule has 2 aromatic carbocycles. The Morgan fingerprint density at radius 3 is 2.31 bits per heavy atom. The lowest BCUT2D eigenvalue weighted by Gasteiger charge is -2.27. The Balaban J connectivity index is 2.17. The van der Waals surface area contributed by atoms with E-state index in [0.29, 0.717) is 30.1 Å². The van der Waals surface area contributed by atoms with E-state index in [4.69, 9.17) is 9.47 Å². The molecule has 36 heavy (non-hydrogen) atoms. The van der Waals surface area contributed by atoms with E-state index in [1.165, 1.54) is 7.11 Å². The van der Waals surface area contributed by atoms with Crippen molar-refractivity contribution >= 4 is 33.2 Å². The molecule has 3 rings (SSSR count). The van der Waals surface area contributed by atoms with Crippen molar-refractivity contribution in [2.45, 2.75) is 40.2 Å². The van der Waals surface area contributed by atoms with Gasteiger partial charge in [0.05, 0.1) is 42.3 Å². The molecule has 0 unspecified atom stereocenters. The van der Waals surface area contributed by atoms with Gasteiger partial charge in [0.25, 0.3) is 11.8 Å². The fourth-order valence-electron chi connectivity index (χ4n) is 4.08. The highest BCUT2D eigenvalue weighted by Crippen LogP contribution is 2.39. The first-order valence-electron chi connectivity index (χ1n) is 11.8. The largest absolute Gasteiger partial charge is 0.493 e. The molecule has 2 aromatic rings. The molecule has 1 aliphatic heterocycles. The molecule has 0 fully saturated rings. The van der Waals surface area contributed by atoms with Gasteiger partial charge in [-0.1, -0.05) is 26.8 Å². The Morgan fingerprint density at radius 1 is 1.06 bits per heavy atom. The van der Waals surface area contributed by atoms with E-state index in [0.717, 1.165) is 16.7 Å². The van der Waals surface area contributed by atoms with Crippen molar-refractivity contribution in [1.29, 1.82) is 0 Å². The molecule has 1 aliphatic rings. The fourth-order valence-corrected chi connectivity index (χ4v) is 5.00. The number of rotatable bonds is 10. The maximum absolute atomic E-state index is 13.7. The molecule has 0 saturated carbocycles. The van der Waals surface area contributed by atoms with Gasteiger partial charge < -0.3 is 14.8 Å². The summed E-state index contributed by atoms with van der Waals surface area (Å²) in [5.41, 5.74) is 1.60. The minimum atomic E-state index is -3.63. The second-order valence-corrected chi connectivity index (χ2v) is 11.2. The SMILES string of the molecule is CCOc1cc([C@@H](CS(C)(=O)=O)N2C(=O)c3cc(CC)cc(NC(=O)C(C)C)c3C2=O)ccc1OC. The number of benzene rings is 2. The van der Waals surface area contributed by atoms with Gasteiger partial charge in [-0.2, -0.15) is 0 Å². The minimum Gasteiger partial charge on any atom is -0.493 e. The van der Waals surface area contributed by atoms with Gasteiger partial charge in [-0.3, -0.25) is 19.3 Å². The van der Waals surface area contributed by atoms with Crippen LogP contribution in [0.1, 0.15) is 65.6 Å². The standard InChI is InChI=1S/C26H32N2O7S/c1-7-16-11-18-23(19(12-16)27-24(29)15(3)4)26(31)28(25(18)30)20(14-36(6,32)33)17-9-10-21(34-5)22(13-17)35-8-2/h9-13,15,20H,7-8,14H2,1-6H3,(H,27,29)/t20-/m1/s1. The highest BCUT2D eigenvalue weighted by atomic mass is 32.2. The van der Waals surface area contributed by atoms with Crippen LogP contribution in [0.4, 0.5) is 5.69 Å². The molecule has 3 amide bonds. The molecule has 1 heterocycles. The summed E-state index contributed by atoms with van der Waals surface area (Å²) in [4.78, 5) is 40.8. The summed E-state index contributed by atoms with van der Waals surface area (Å²) in [6.07, 6.45) is 1.62. The zero-order valence-corrected chi connectivity index (χ0v) is 22.2. The van der Waals surface area contributed by atoms with Crippen molar-refractivity contribution in [2.75, 3.05) is 31.0 Å². The molecule has 0 radical (unpaired) electrons. The zero-order valence-electron chi connectivity index (χ0n) is 21.4. The Kier molecular flexibility index (Phi) is 8.08. The second-order valence-electron chi connectivity index (χ2n) is 9.00. The lowest BCUT2D eigenvalue weighted by molar-refractivity contribution is -0.118. The molecule has 10 heteroatoms. The van der Waals surface area contributed by atoms with Crippen molar-refractivity contribution in [1.82, 2.24) is 4.90 Å². The number of amides is 3. The molecule has 0 bridgehead atoms. The molecule has 1 N–H and O–H groups in total. The van der Waals surface area contributed by atoms with Gasteiger partial charge in [0.2, 0.25) is 5.91 Å². The minimum absolute atomic E-state index is 0.0586. The van der Waals surface area contributed by atoms with Crippen LogP contribution >= 0.6 is 0 Å². The number of ether oxygens (including phenoxy) is 2. The lowest BCUT2D eigenvalue weighted by atomic mass is 10.0. The number of hydrogen-bond acceptors (Lipinski definition) is 7. The molecule has 194 valence electrons. The van der Waals surface area contributed by atoms with Crippen LogP contribution in [0.2, 0.25) is 0 Å². The van der Waals surface area contributed by atoms with Crippen molar-refractivity contribution in [3.63, 3.8) is 0 Å². The number of carbonyl (C=O) groups is 3. The number of nitrogens with zero attached hydrogens (tertiary/aromatic N) is 1. The van der Waals surface area contributed by atoms with Gasteiger partial charge in [0, 0.05) is 12.2 Å². The maximum Gasteiger partial charge on any atom is 0.264 e. The van der Waals surface area contributed by atoms with E-state index in [9.17, 15) is 22.8 Å². The van der Waals surface area contributed by atoms with Crippen LogP contribution in [0.3, 0.4) is 0 Å².